The van der Waals surface area contributed by atoms with E-state index in [9.17, 15) is 4.79 Å². The van der Waals surface area contributed by atoms with E-state index >= 15 is 0 Å². The first-order chi connectivity index (χ1) is 10.3. The Morgan fingerprint density at radius 2 is 1.76 bits per heavy atom. The average molecular weight is 278 g/mol. The summed E-state index contributed by atoms with van der Waals surface area (Å²) in [6.45, 7) is 1.88. The van der Waals surface area contributed by atoms with Crippen molar-refractivity contribution in [2.45, 2.75) is 6.92 Å². The van der Waals surface area contributed by atoms with Gasteiger partial charge in [-0.05, 0) is 25.1 Å². The number of ether oxygens (including phenoxy) is 1. The fourth-order valence-electron chi connectivity index (χ4n) is 2.13. The molecule has 0 aliphatic rings. The first-order valence-corrected chi connectivity index (χ1v) is 6.70. The van der Waals surface area contributed by atoms with E-state index in [1.54, 1.807) is 18.2 Å². The van der Waals surface area contributed by atoms with Crippen LogP contribution in [0.2, 0.25) is 0 Å². The minimum Gasteiger partial charge on any atom is -0.426 e. The molecule has 0 amide bonds. The van der Waals surface area contributed by atoms with Gasteiger partial charge in [-0.1, -0.05) is 42.5 Å². The van der Waals surface area contributed by atoms with Crippen molar-refractivity contribution >= 4 is 16.7 Å². The van der Waals surface area contributed by atoms with E-state index in [0.717, 1.165) is 5.56 Å². The van der Waals surface area contributed by atoms with Gasteiger partial charge in [-0.3, -0.25) is 4.79 Å². The quantitative estimate of drug-likeness (QED) is 0.673. The van der Waals surface area contributed by atoms with Gasteiger partial charge >= 0.3 is 0 Å². The SMILES string of the molecule is C/C=C(\Oc1cc(=O)c2ccccc2o1)c1ccccc1. The number of hydrogen-bond acceptors (Lipinski definition) is 3. The summed E-state index contributed by atoms with van der Waals surface area (Å²) in [4.78, 5) is 12.0. The Morgan fingerprint density at radius 3 is 2.52 bits per heavy atom. The number of fused-ring (bicyclic) bond motifs is 1. The smallest absolute Gasteiger partial charge is 0.294 e. The van der Waals surface area contributed by atoms with Crippen LogP contribution in [0, 0.1) is 0 Å². The zero-order chi connectivity index (χ0) is 14.7. The van der Waals surface area contributed by atoms with Crippen LogP contribution in [0.3, 0.4) is 0 Å². The molecule has 3 heteroatoms. The molecule has 0 saturated heterocycles. The Morgan fingerprint density at radius 1 is 1.05 bits per heavy atom. The van der Waals surface area contributed by atoms with Gasteiger partial charge < -0.3 is 9.15 Å². The van der Waals surface area contributed by atoms with Crippen molar-refractivity contribution in [3.63, 3.8) is 0 Å². The minimum atomic E-state index is -0.115. The molecule has 3 rings (SSSR count). The van der Waals surface area contributed by atoms with Crippen LogP contribution in [0.25, 0.3) is 16.7 Å². The molecular weight excluding hydrogens is 264 g/mol. The van der Waals surface area contributed by atoms with Gasteiger partial charge in [0.05, 0.1) is 11.5 Å². The highest BCUT2D eigenvalue weighted by Crippen LogP contribution is 2.23. The van der Waals surface area contributed by atoms with E-state index in [1.165, 1.54) is 6.07 Å². The number of hydrogen-bond donors (Lipinski definition) is 0. The Bertz CT molecular complexity index is 845. The first kappa shape index (κ1) is 13.2. The lowest BCUT2D eigenvalue weighted by atomic mass is 10.2. The normalized spacial score (nSPS) is 11.6. The largest absolute Gasteiger partial charge is 0.426 e. The molecule has 21 heavy (non-hydrogen) atoms. The molecule has 0 spiro atoms. The monoisotopic (exact) mass is 278 g/mol. The number of allylic oxidation sites excluding steroid dienone is 1. The number of benzene rings is 2. The van der Waals surface area contributed by atoms with Crippen molar-refractivity contribution in [2.75, 3.05) is 0 Å². The summed E-state index contributed by atoms with van der Waals surface area (Å²) in [5.41, 5.74) is 1.33. The second-order valence-corrected chi connectivity index (χ2v) is 4.55. The molecule has 3 nitrogen and oxygen atoms in total. The van der Waals surface area contributed by atoms with Crippen LogP contribution in [0.4, 0.5) is 0 Å². The zero-order valence-corrected chi connectivity index (χ0v) is 11.6. The van der Waals surface area contributed by atoms with Gasteiger partial charge in [0, 0.05) is 5.56 Å². The first-order valence-electron chi connectivity index (χ1n) is 6.70. The van der Waals surface area contributed by atoms with Gasteiger partial charge in [0.25, 0.3) is 5.95 Å². The summed E-state index contributed by atoms with van der Waals surface area (Å²) < 4.78 is 11.4. The summed E-state index contributed by atoms with van der Waals surface area (Å²) in [6.07, 6.45) is 1.84. The highest BCUT2D eigenvalue weighted by Gasteiger charge is 2.08. The van der Waals surface area contributed by atoms with Crippen LogP contribution < -0.4 is 10.2 Å². The van der Waals surface area contributed by atoms with Crippen LogP contribution in [0.1, 0.15) is 12.5 Å². The number of para-hydroxylation sites is 1. The van der Waals surface area contributed by atoms with Crippen LogP contribution in [-0.2, 0) is 0 Å². The van der Waals surface area contributed by atoms with Gasteiger partial charge in [0.1, 0.15) is 11.3 Å². The molecule has 0 aliphatic carbocycles. The average Bonchev–Trinajstić information content (AvgIpc) is 2.53. The minimum absolute atomic E-state index is 0.115. The number of rotatable bonds is 3. The molecule has 0 N–H and O–H groups in total. The van der Waals surface area contributed by atoms with E-state index in [-0.39, 0.29) is 11.4 Å². The summed E-state index contributed by atoms with van der Waals surface area (Å²) in [5.74, 6) is 0.838. The maximum atomic E-state index is 12.0. The molecule has 1 heterocycles. The van der Waals surface area contributed by atoms with Crippen LogP contribution in [-0.4, -0.2) is 0 Å². The molecule has 0 saturated carbocycles. The van der Waals surface area contributed by atoms with Crippen LogP contribution in [0.5, 0.6) is 5.95 Å². The van der Waals surface area contributed by atoms with E-state index in [0.29, 0.717) is 16.7 Å². The molecule has 2 aromatic carbocycles. The summed E-state index contributed by atoms with van der Waals surface area (Å²) in [7, 11) is 0. The van der Waals surface area contributed by atoms with E-state index < -0.39 is 0 Å². The van der Waals surface area contributed by atoms with Gasteiger partial charge in [0.2, 0.25) is 0 Å². The topological polar surface area (TPSA) is 39.4 Å². The van der Waals surface area contributed by atoms with E-state index in [1.807, 2.05) is 49.4 Å². The molecule has 0 unspecified atom stereocenters. The Balaban J connectivity index is 2.00. The fourth-order valence-corrected chi connectivity index (χ4v) is 2.13. The summed E-state index contributed by atoms with van der Waals surface area (Å²) in [6, 6.07) is 18.2. The van der Waals surface area contributed by atoms with Crippen molar-refractivity contribution < 1.29 is 9.15 Å². The van der Waals surface area contributed by atoms with E-state index in [2.05, 4.69) is 0 Å². The maximum absolute atomic E-state index is 12.0. The van der Waals surface area contributed by atoms with Crippen LogP contribution in [0.15, 0.2) is 76.0 Å². The van der Waals surface area contributed by atoms with Gasteiger partial charge in [0.15, 0.2) is 5.43 Å². The van der Waals surface area contributed by atoms with Gasteiger partial charge in [-0.2, -0.15) is 0 Å². The van der Waals surface area contributed by atoms with Crippen molar-refractivity contribution in [3.8, 4) is 5.95 Å². The zero-order valence-electron chi connectivity index (χ0n) is 11.6. The predicted octanol–water partition coefficient (Wildman–Crippen LogP) is 4.23. The fraction of sp³-hybridized carbons (Fsp3) is 0.0556. The standard InChI is InChI=1S/C18H14O3/c1-2-16(13-8-4-3-5-9-13)20-18-12-15(19)14-10-6-7-11-17(14)21-18/h2-12H,1H3/b16-2-. The molecule has 0 aliphatic heterocycles. The van der Waals surface area contributed by atoms with Gasteiger partial charge in [-0.15, -0.1) is 0 Å². The second kappa shape index (κ2) is 5.67. The molecule has 0 fully saturated rings. The van der Waals surface area contributed by atoms with Crippen molar-refractivity contribution in [1.29, 1.82) is 0 Å². The molecular formula is C18H14O3. The molecule has 0 radical (unpaired) electrons. The molecule has 0 atom stereocenters. The lowest BCUT2D eigenvalue weighted by molar-refractivity contribution is 0.372. The molecule has 104 valence electrons. The lowest BCUT2D eigenvalue weighted by Gasteiger charge is -2.09. The lowest BCUT2D eigenvalue weighted by Crippen LogP contribution is -2.02. The van der Waals surface area contributed by atoms with Crippen molar-refractivity contribution in [3.05, 3.63) is 82.5 Å². The summed E-state index contributed by atoms with van der Waals surface area (Å²) >= 11 is 0. The molecule has 1 aromatic heterocycles. The predicted molar refractivity (Wildman–Crippen MR) is 83.2 cm³/mol. The highest BCUT2D eigenvalue weighted by molar-refractivity contribution is 5.76. The third kappa shape index (κ3) is 2.72. The highest BCUT2D eigenvalue weighted by atomic mass is 16.6. The van der Waals surface area contributed by atoms with Crippen molar-refractivity contribution in [2.24, 2.45) is 0 Å². The van der Waals surface area contributed by atoms with Gasteiger partial charge in [-0.25, -0.2) is 0 Å². The third-order valence-electron chi connectivity index (χ3n) is 3.14. The van der Waals surface area contributed by atoms with Crippen LogP contribution >= 0.6 is 0 Å². The molecule has 0 bridgehead atoms. The third-order valence-corrected chi connectivity index (χ3v) is 3.14. The second-order valence-electron chi connectivity index (χ2n) is 4.55. The van der Waals surface area contributed by atoms with Crippen molar-refractivity contribution in [1.82, 2.24) is 0 Å². The maximum Gasteiger partial charge on any atom is 0.294 e. The Kier molecular flexibility index (Phi) is 3.56. The Hall–Kier alpha value is -2.81. The van der Waals surface area contributed by atoms with E-state index in [4.69, 9.17) is 9.15 Å². The molecule has 3 aromatic rings. The Labute approximate surface area is 122 Å². The summed E-state index contributed by atoms with van der Waals surface area (Å²) in [5, 5.41) is 0.548.